The molecule has 0 unspecified atom stereocenters. The van der Waals surface area contributed by atoms with Crippen molar-refractivity contribution in [1.82, 2.24) is 4.98 Å². The van der Waals surface area contributed by atoms with Crippen LogP contribution in [0.4, 0.5) is 5.82 Å². The lowest BCUT2D eigenvalue weighted by Gasteiger charge is -2.18. The molecular weight excluding hydrogens is 323 g/mol. The fourth-order valence-corrected chi connectivity index (χ4v) is 2.18. The first-order valence-corrected chi connectivity index (χ1v) is 7.61. The molecule has 1 aromatic heterocycles. The summed E-state index contributed by atoms with van der Waals surface area (Å²) in [7, 11) is 0. The molecular formula is C16H16Cl2N2O2. The van der Waals surface area contributed by atoms with E-state index < -0.39 is 6.10 Å². The van der Waals surface area contributed by atoms with Crippen LogP contribution in [0.5, 0.6) is 5.75 Å². The number of nitrogens with zero attached hydrogens (tertiary/aromatic N) is 1. The molecule has 0 aliphatic heterocycles. The minimum Gasteiger partial charge on any atom is -0.479 e. The van der Waals surface area contributed by atoms with Gasteiger partial charge in [0.25, 0.3) is 5.91 Å². The van der Waals surface area contributed by atoms with Gasteiger partial charge in [0.05, 0.1) is 5.02 Å². The molecule has 0 aliphatic carbocycles. The van der Waals surface area contributed by atoms with Gasteiger partial charge in [0.1, 0.15) is 11.6 Å². The number of benzene rings is 1. The third-order valence-electron chi connectivity index (χ3n) is 3.08. The summed E-state index contributed by atoms with van der Waals surface area (Å²) in [5, 5.41) is 3.67. The summed E-state index contributed by atoms with van der Waals surface area (Å²) in [6, 6.07) is 8.57. The molecule has 0 radical (unpaired) electrons. The van der Waals surface area contributed by atoms with Gasteiger partial charge in [-0.1, -0.05) is 36.2 Å². The SMILES string of the molecule is CC[C@@H](Oc1cc(Cl)ccc1Cl)C(=O)Nc1ncccc1C. The average molecular weight is 339 g/mol. The lowest BCUT2D eigenvalue weighted by Crippen LogP contribution is -2.33. The number of anilines is 1. The van der Waals surface area contributed by atoms with Crippen LogP contribution in [-0.2, 0) is 4.79 Å². The maximum atomic E-state index is 12.3. The van der Waals surface area contributed by atoms with E-state index >= 15 is 0 Å². The van der Waals surface area contributed by atoms with Gasteiger partial charge in [-0.25, -0.2) is 4.98 Å². The number of carbonyl (C=O) groups is 1. The molecule has 4 nitrogen and oxygen atoms in total. The molecule has 116 valence electrons. The quantitative estimate of drug-likeness (QED) is 0.873. The third kappa shape index (κ3) is 4.12. The number of aromatic nitrogens is 1. The number of aryl methyl sites for hydroxylation is 1. The van der Waals surface area contributed by atoms with E-state index in [0.717, 1.165) is 5.56 Å². The van der Waals surface area contributed by atoms with Gasteiger partial charge < -0.3 is 10.1 Å². The van der Waals surface area contributed by atoms with E-state index in [-0.39, 0.29) is 5.91 Å². The van der Waals surface area contributed by atoms with E-state index in [1.165, 1.54) is 0 Å². The zero-order chi connectivity index (χ0) is 16.1. The molecule has 0 spiro atoms. The summed E-state index contributed by atoms with van der Waals surface area (Å²) in [5.74, 6) is 0.626. The molecule has 0 bridgehead atoms. The van der Waals surface area contributed by atoms with Gasteiger partial charge >= 0.3 is 0 Å². The van der Waals surface area contributed by atoms with Crippen LogP contribution in [0.15, 0.2) is 36.5 Å². The molecule has 0 saturated heterocycles. The van der Waals surface area contributed by atoms with Gasteiger partial charge in [-0.3, -0.25) is 4.79 Å². The number of halogens is 2. The molecule has 1 amide bonds. The Morgan fingerprint density at radius 2 is 2.14 bits per heavy atom. The van der Waals surface area contributed by atoms with E-state index in [4.69, 9.17) is 27.9 Å². The highest BCUT2D eigenvalue weighted by atomic mass is 35.5. The number of ether oxygens (including phenoxy) is 1. The Labute approximate surface area is 139 Å². The topological polar surface area (TPSA) is 51.2 Å². The summed E-state index contributed by atoms with van der Waals surface area (Å²) in [5.41, 5.74) is 0.881. The largest absolute Gasteiger partial charge is 0.479 e. The monoisotopic (exact) mass is 338 g/mol. The van der Waals surface area contributed by atoms with Crippen molar-refractivity contribution in [2.24, 2.45) is 0 Å². The number of hydrogen-bond acceptors (Lipinski definition) is 3. The molecule has 2 rings (SSSR count). The van der Waals surface area contributed by atoms with Crippen molar-refractivity contribution in [2.45, 2.75) is 26.4 Å². The van der Waals surface area contributed by atoms with E-state index in [1.807, 2.05) is 26.0 Å². The second kappa shape index (κ2) is 7.47. The summed E-state index contributed by atoms with van der Waals surface area (Å²) in [6.07, 6.45) is 1.43. The van der Waals surface area contributed by atoms with Crippen LogP contribution in [0.2, 0.25) is 10.0 Å². The highest BCUT2D eigenvalue weighted by Crippen LogP contribution is 2.29. The highest BCUT2D eigenvalue weighted by Gasteiger charge is 2.20. The fourth-order valence-electron chi connectivity index (χ4n) is 1.86. The molecule has 22 heavy (non-hydrogen) atoms. The average Bonchev–Trinajstić information content (AvgIpc) is 2.50. The molecule has 0 fully saturated rings. The number of hydrogen-bond donors (Lipinski definition) is 1. The van der Waals surface area contributed by atoms with Gasteiger partial charge in [0, 0.05) is 17.3 Å². The van der Waals surface area contributed by atoms with E-state index in [0.29, 0.717) is 28.0 Å². The van der Waals surface area contributed by atoms with Gasteiger partial charge in [-0.2, -0.15) is 0 Å². The normalized spacial score (nSPS) is 11.8. The summed E-state index contributed by atoms with van der Waals surface area (Å²) < 4.78 is 5.69. The smallest absolute Gasteiger partial charge is 0.266 e. The molecule has 0 aliphatic rings. The van der Waals surface area contributed by atoms with Crippen LogP contribution >= 0.6 is 23.2 Å². The first-order valence-electron chi connectivity index (χ1n) is 6.85. The Kier molecular flexibility index (Phi) is 5.63. The maximum absolute atomic E-state index is 12.3. The van der Waals surface area contributed by atoms with Crippen molar-refractivity contribution in [3.63, 3.8) is 0 Å². The minimum atomic E-state index is -0.683. The number of carbonyl (C=O) groups excluding carboxylic acids is 1. The molecule has 1 aromatic carbocycles. The standard InChI is InChI=1S/C16H16Cl2N2O2/c1-3-13(22-14-9-11(17)6-7-12(14)18)16(21)20-15-10(2)5-4-8-19-15/h4-9,13H,3H2,1-2H3,(H,19,20,21)/t13-/m1/s1. The zero-order valence-electron chi connectivity index (χ0n) is 12.3. The van der Waals surface area contributed by atoms with E-state index in [2.05, 4.69) is 10.3 Å². The molecule has 0 saturated carbocycles. The molecule has 1 N–H and O–H groups in total. The van der Waals surface area contributed by atoms with E-state index in [9.17, 15) is 4.79 Å². The van der Waals surface area contributed by atoms with Crippen LogP contribution < -0.4 is 10.1 Å². The Bertz CT molecular complexity index is 677. The van der Waals surface area contributed by atoms with Crippen LogP contribution in [0, 0.1) is 6.92 Å². The lowest BCUT2D eigenvalue weighted by atomic mass is 10.2. The zero-order valence-corrected chi connectivity index (χ0v) is 13.8. The Balaban J connectivity index is 2.12. The van der Waals surface area contributed by atoms with Crippen LogP contribution in [0.3, 0.4) is 0 Å². The Hall–Kier alpha value is -1.78. The second-order valence-corrected chi connectivity index (χ2v) is 5.59. The summed E-state index contributed by atoms with van der Waals surface area (Å²) in [4.78, 5) is 16.5. The number of rotatable bonds is 5. The maximum Gasteiger partial charge on any atom is 0.266 e. The second-order valence-electron chi connectivity index (χ2n) is 4.75. The predicted octanol–water partition coefficient (Wildman–Crippen LogP) is 4.49. The van der Waals surface area contributed by atoms with Crippen molar-refractivity contribution in [3.8, 4) is 5.75 Å². The molecule has 1 atom stereocenters. The molecule has 1 heterocycles. The van der Waals surface area contributed by atoms with Crippen molar-refractivity contribution >= 4 is 34.9 Å². The van der Waals surface area contributed by atoms with Crippen LogP contribution in [-0.4, -0.2) is 17.0 Å². The van der Waals surface area contributed by atoms with Crippen LogP contribution in [0.1, 0.15) is 18.9 Å². The Morgan fingerprint density at radius 1 is 1.36 bits per heavy atom. The number of nitrogens with one attached hydrogen (secondary N) is 1. The van der Waals surface area contributed by atoms with Crippen molar-refractivity contribution < 1.29 is 9.53 Å². The number of pyridine rings is 1. The third-order valence-corrected chi connectivity index (χ3v) is 3.62. The molecule has 6 heteroatoms. The van der Waals surface area contributed by atoms with E-state index in [1.54, 1.807) is 24.4 Å². The first-order chi connectivity index (χ1) is 10.5. The lowest BCUT2D eigenvalue weighted by molar-refractivity contribution is -0.122. The van der Waals surface area contributed by atoms with Gasteiger partial charge in [-0.15, -0.1) is 0 Å². The first kappa shape index (κ1) is 16.6. The van der Waals surface area contributed by atoms with Crippen molar-refractivity contribution in [3.05, 3.63) is 52.1 Å². The summed E-state index contributed by atoms with van der Waals surface area (Å²) in [6.45, 7) is 3.73. The molecule has 2 aromatic rings. The van der Waals surface area contributed by atoms with Gasteiger partial charge in [0.2, 0.25) is 0 Å². The van der Waals surface area contributed by atoms with Crippen molar-refractivity contribution in [2.75, 3.05) is 5.32 Å². The predicted molar refractivity (Wildman–Crippen MR) is 88.8 cm³/mol. The minimum absolute atomic E-state index is 0.277. The van der Waals surface area contributed by atoms with Crippen molar-refractivity contribution in [1.29, 1.82) is 0 Å². The van der Waals surface area contributed by atoms with Gasteiger partial charge in [0.15, 0.2) is 6.10 Å². The van der Waals surface area contributed by atoms with Gasteiger partial charge in [-0.05, 0) is 37.1 Å². The number of amides is 1. The van der Waals surface area contributed by atoms with Crippen LogP contribution in [0.25, 0.3) is 0 Å². The fraction of sp³-hybridized carbons (Fsp3) is 0.250. The Morgan fingerprint density at radius 3 is 2.82 bits per heavy atom. The highest BCUT2D eigenvalue weighted by molar-refractivity contribution is 6.34. The summed E-state index contributed by atoms with van der Waals surface area (Å²) >= 11 is 12.0.